The van der Waals surface area contributed by atoms with Crippen molar-refractivity contribution < 1.29 is 34.2 Å². The van der Waals surface area contributed by atoms with Gasteiger partial charge in [0.15, 0.2) is 0 Å². The molecule has 3 N–H and O–H groups in total. The Morgan fingerprint density at radius 1 is 1.27 bits per heavy atom. The fourth-order valence-electron chi connectivity index (χ4n) is 2.05. The number of ether oxygens (including phenoxy) is 2. The highest BCUT2D eigenvalue weighted by atomic mass is 16.6. The number of hydrogen-bond donors (Lipinski definition) is 3. The van der Waals surface area contributed by atoms with Gasteiger partial charge in [0.2, 0.25) is 0 Å². The van der Waals surface area contributed by atoms with Crippen LogP contribution in [0.3, 0.4) is 0 Å². The lowest BCUT2D eigenvalue weighted by atomic mass is 9.87. The second-order valence-electron chi connectivity index (χ2n) is 5.57. The number of nitrogens with one attached hydrogen (secondary N) is 1. The van der Waals surface area contributed by atoms with Crippen molar-refractivity contribution in [3.05, 3.63) is 46.5 Å². The summed E-state index contributed by atoms with van der Waals surface area (Å²) >= 11 is 0. The van der Waals surface area contributed by atoms with Crippen LogP contribution in [-0.4, -0.2) is 60.5 Å². The Morgan fingerprint density at radius 3 is 2.15 bits per heavy atom. The molecule has 1 heterocycles. The number of non-ortho nitro benzene ring substituents is 1. The summed E-state index contributed by atoms with van der Waals surface area (Å²) in [7, 11) is 1.89. The lowest BCUT2D eigenvalue weighted by Gasteiger charge is -2.40. The predicted octanol–water partition coefficient (Wildman–Crippen LogP) is 0.921. The number of nitro groups is 1. The summed E-state index contributed by atoms with van der Waals surface area (Å²) in [4.78, 5) is 29.2. The zero-order valence-electron chi connectivity index (χ0n) is 14.1. The molecular weight excluding hydrogens is 348 g/mol. The van der Waals surface area contributed by atoms with Crippen molar-refractivity contribution in [3.8, 4) is 5.75 Å². The molecule has 10 heteroatoms. The fourth-order valence-corrected chi connectivity index (χ4v) is 2.05. The zero-order chi connectivity index (χ0) is 19.6. The standard InChI is InChI=1S/C12H16N2O4.C4H4O4/c1-13-6-12(7-17-8-12)9-18-11-4-2-10(3-5-11)14(15)16;5-3(6)1-2-4(7)8/h2-5,13H,6-9H2,1H3;1-2H,(H,5,6)(H,7,8)/b;2-1-. The van der Waals surface area contributed by atoms with Crippen LogP contribution in [0.2, 0.25) is 0 Å². The van der Waals surface area contributed by atoms with Gasteiger partial charge in [0, 0.05) is 30.8 Å². The summed E-state index contributed by atoms with van der Waals surface area (Å²) in [5.74, 6) is -1.87. The molecule has 1 aromatic carbocycles. The number of carboxylic acids is 2. The normalized spacial score (nSPS) is 14.7. The molecule has 0 aliphatic carbocycles. The highest BCUT2D eigenvalue weighted by Gasteiger charge is 2.38. The van der Waals surface area contributed by atoms with Crippen LogP contribution in [0.15, 0.2) is 36.4 Å². The summed E-state index contributed by atoms with van der Waals surface area (Å²) in [5, 5.41) is 29.3. The van der Waals surface area contributed by atoms with Crippen molar-refractivity contribution in [2.75, 3.05) is 33.4 Å². The average Bonchev–Trinajstić information content (AvgIpc) is 2.56. The molecule has 0 saturated carbocycles. The van der Waals surface area contributed by atoms with Crippen molar-refractivity contribution in [1.82, 2.24) is 5.32 Å². The number of rotatable bonds is 8. The number of aliphatic carboxylic acids is 2. The number of carboxylic acid groups (broad SMARTS) is 2. The Kier molecular flexibility index (Phi) is 8.19. The van der Waals surface area contributed by atoms with Crippen LogP contribution in [0, 0.1) is 15.5 Å². The minimum atomic E-state index is -1.26. The Bertz CT molecular complexity index is 637. The van der Waals surface area contributed by atoms with E-state index in [9.17, 15) is 19.7 Å². The summed E-state index contributed by atoms with van der Waals surface area (Å²) in [6.07, 6.45) is 1.12. The van der Waals surface area contributed by atoms with Gasteiger partial charge < -0.3 is 25.0 Å². The second-order valence-corrected chi connectivity index (χ2v) is 5.57. The minimum absolute atomic E-state index is 0.0243. The van der Waals surface area contributed by atoms with Gasteiger partial charge in [-0.05, 0) is 19.2 Å². The first-order chi connectivity index (χ1) is 12.3. The molecule has 0 amide bonds. The summed E-state index contributed by atoms with van der Waals surface area (Å²) in [5.41, 5.74) is 0.0931. The van der Waals surface area contributed by atoms with Crippen LogP contribution in [0.1, 0.15) is 0 Å². The molecule has 1 aliphatic rings. The number of nitro benzene ring substituents is 1. The summed E-state index contributed by atoms with van der Waals surface area (Å²) in [6.45, 7) is 2.74. The Labute approximate surface area is 149 Å². The molecule has 0 atom stereocenters. The Balaban J connectivity index is 0.000000359. The van der Waals surface area contributed by atoms with E-state index in [0.717, 1.165) is 6.54 Å². The topological polar surface area (TPSA) is 148 Å². The molecule has 0 unspecified atom stereocenters. The van der Waals surface area contributed by atoms with Crippen LogP contribution in [0.25, 0.3) is 0 Å². The van der Waals surface area contributed by atoms with E-state index in [0.29, 0.717) is 37.7 Å². The highest BCUT2D eigenvalue weighted by molar-refractivity contribution is 5.89. The van der Waals surface area contributed by atoms with Gasteiger partial charge in [-0.25, -0.2) is 9.59 Å². The lowest BCUT2D eigenvalue weighted by molar-refractivity contribution is -0.384. The minimum Gasteiger partial charge on any atom is -0.493 e. The van der Waals surface area contributed by atoms with Gasteiger partial charge in [-0.1, -0.05) is 0 Å². The van der Waals surface area contributed by atoms with Gasteiger partial charge in [0.05, 0.1) is 30.2 Å². The molecule has 1 saturated heterocycles. The predicted molar refractivity (Wildman–Crippen MR) is 90.2 cm³/mol. The fraction of sp³-hybridized carbons (Fsp3) is 0.375. The molecule has 10 nitrogen and oxygen atoms in total. The molecular formula is C16H20N2O8. The van der Waals surface area contributed by atoms with Gasteiger partial charge in [-0.3, -0.25) is 10.1 Å². The average molecular weight is 368 g/mol. The van der Waals surface area contributed by atoms with Crippen LogP contribution >= 0.6 is 0 Å². The van der Waals surface area contributed by atoms with E-state index in [1.807, 2.05) is 7.05 Å². The van der Waals surface area contributed by atoms with Gasteiger partial charge in [0.1, 0.15) is 5.75 Å². The molecule has 1 fully saturated rings. The summed E-state index contributed by atoms with van der Waals surface area (Å²) < 4.78 is 10.9. The second kappa shape index (κ2) is 10.1. The van der Waals surface area contributed by atoms with E-state index in [-0.39, 0.29) is 11.1 Å². The van der Waals surface area contributed by atoms with E-state index in [2.05, 4.69) is 5.32 Å². The third kappa shape index (κ3) is 7.28. The van der Waals surface area contributed by atoms with Gasteiger partial charge in [-0.2, -0.15) is 0 Å². The van der Waals surface area contributed by atoms with Gasteiger partial charge in [0.25, 0.3) is 5.69 Å². The van der Waals surface area contributed by atoms with E-state index >= 15 is 0 Å². The maximum Gasteiger partial charge on any atom is 0.328 e. The molecule has 142 valence electrons. The third-order valence-corrected chi connectivity index (χ3v) is 3.33. The monoisotopic (exact) mass is 368 g/mol. The van der Waals surface area contributed by atoms with Crippen molar-refractivity contribution in [2.45, 2.75) is 0 Å². The van der Waals surface area contributed by atoms with Crippen LogP contribution in [-0.2, 0) is 14.3 Å². The zero-order valence-corrected chi connectivity index (χ0v) is 14.1. The molecule has 0 bridgehead atoms. The molecule has 0 aromatic heterocycles. The van der Waals surface area contributed by atoms with Crippen LogP contribution in [0.4, 0.5) is 5.69 Å². The van der Waals surface area contributed by atoms with Crippen LogP contribution in [0.5, 0.6) is 5.75 Å². The molecule has 1 aromatic rings. The van der Waals surface area contributed by atoms with E-state index < -0.39 is 16.9 Å². The van der Waals surface area contributed by atoms with Gasteiger partial charge >= 0.3 is 11.9 Å². The van der Waals surface area contributed by atoms with Crippen molar-refractivity contribution in [3.63, 3.8) is 0 Å². The Hall–Kier alpha value is -2.98. The quantitative estimate of drug-likeness (QED) is 0.346. The first kappa shape index (κ1) is 21.1. The van der Waals surface area contributed by atoms with E-state index in [1.165, 1.54) is 12.1 Å². The first-order valence-corrected chi connectivity index (χ1v) is 7.51. The van der Waals surface area contributed by atoms with E-state index in [4.69, 9.17) is 19.7 Å². The third-order valence-electron chi connectivity index (χ3n) is 3.33. The maximum atomic E-state index is 10.5. The van der Waals surface area contributed by atoms with Gasteiger partial charge in [-0.15, -0.1) is 0 Å². The number of carbonyl (C=O) groups is 2. The van der Waals surface area contributed by atoms with Crippen molar-refractivity contribution in [2.24, 2.45) is 5.41 Å². The van der Waals surface area contributed by atoms with Crippen molar-refractivity contribution in [1.29, 1.82) is 0 Å². The molecule has 26 heavy (non-hydrogen) atoms. The molecule has 1 aliphatic heterocycles. The number of hydrogen-bond acceptors (Lipinski definition) is 7. The number of benzene rings is 1. The molecule has 0 spiro atoms. The SMILES string of the molecule is CNCC1(COc2ccc([N+](=O)[O-])cc2)COC1.O=C(O)/C=C\C(=O)O. The molecule has 0 radical (unpaired) electrons. The van der Waals surface area contributed by atoms with Crippen LogP contribution < -0.4 is 10.1 Å². The smallest absolute Gasteiger partial charge is 0.328 e. The summed E-state index contributed by atoms with van der Waals surface area (Å²) in [6, 6.07) is 6.12. The first-order valence-electron chi connectivity index (χ1n) is 7.51. The lowest BCUT2D eigenvalue weighted by Crippen LogP contribution is -2.52. The number of nitrogens with zero attached hydrogens (tertiary/aromatic N) is 1. The molecule has 2 rings (SSSR count). The van der Waals surface area contributed by atoms with Crippen molar-refractivity contribution >= 4 is 17.6 Å². The maximum absolute atomic E-state index is 10.5. The van der Waals surface area contributed by atoms with E-state index in [1.54, 1.807) is 12.1 Å². The largest absolute Gasteiger partial charge is 0.493 e. The Morgan fingerprint density at radius 2 is 1.81 bits per heavy atom. The highest BCUT2D eigenvalue weighted by Crippen LogP contribution is 2.28.